The van der Waals surface area contributed by atoms with Gasteiger partial charge in [-0.1, -0.05) is 149 Å². The van der Waals surface area contributed by atoms with Crippen LogP contribution >= 0.6 is 0 Å². The molecule has 11 aromatic rings. The van der Waals surface area contributed by atoms with Crippen LogP contribution in [-0.4, -0.2) is 9.13 Å². The SMILES string of the molecule is CC1(C)c2ccc3ccccc3c2-c2ccc3c(c21)c1ccccc1n3-c1cc(C#N)c(-n2c3ccccc3c3c4c(ccc32)-c2c(ccc3ccccc23)C4(C)C)cc1C#N. The van der Waals surface area contributed by atoms with Crippen LogP contribution in [0.25, 0.3) is 98.8 Å². The maximum atomic E-state index is 11.2. The van der Waals surface area contributed by atoms with E-state index in [0.29, 0.717) is 22.5 Å². The third-order valence-electron chi connectivity index (χ3n) is 14.5. The fourth-order valence-corrected chi connectivity index (χ4v) is 11.9. The molecule has 0 bridgehead atoms. The normalized spacial score (nSPS) is 14.4. The zero-order valence-electron chi connectivity index (χ0n) is 34.8. The molecule has 9 aromatic carbocycles. The lowest BCUT2D eigenvalue weighted by atomic mass is 9.80. The Morgan fingerprint density at radius 2 is 0.790 bits per heavy atom. The Morgan fingerprint density at radius 1 is 0.403 bits per heavy atom. The molecule has 2 aromatic heterocycles. The zero-order chi connectivity index (χ0) is 41.8. The molecule has 0 radical (unpaired) electrons. The molecule has 0 unspecified atom stereocenters. The monoisotopic (exact) mass is 790 g/mol. The Kier molecular flexibility index (Phi) is 6.69. The highest BCUT2D eigenvalue weighted by Crippen LogP contribution is 2.57. The average Bonchev–Trinajstić information content (AvgIpc) is 3.97. The largest absolute Gasteiger partial charge is 0.308 e. The number of fused-ring (bicyclic) bond motifs is 18. The van der Waals surface area contributed by atoms with Crippen LogP contribution in [-0.2, 0) is 10.8 Å². The summed E-state index contributed by atoms with van der Waals surface area (Å²) in [7, 11) is 0. The average molecular weight is 791 g/mol. The highest BCUT2D eigenvalue weighted by molar-refractivity contribution is 6.18. The summed E-state index contributed by atoms with van der Waals surface area (Å²) in [5, 5.41) is 31.9. The molecular weight excluding hydrogens is 753 g/mol. The van der Waals surface area contributed by atoms with Gasteiger partial charge < -0.3 is 9.13 Å². The molecule has 2 aliphatic carbocycles. The minimum Gasteiger partial charge on any atom is -0.308 e. The first kappa shape index (κ1) is 34.9. The Balaban J connectivity index is 1.07. The van der Waals surface area contributed by atoms with Crippen LogP contribution in [0.1, 0.15) is 61.1 Å². The van der Waals surface area contributed by atoms with Crippen molar-refractivity contribution in [2.75, 3.05) is 0 Å². The number of hydrogen-bond acceptors (Lipinski definition) is 2. The van der Waals surface area contributed by atoms with Crippen LogP contribution in [0.3, 0.4) is 0 Å². The Hall–Kier alpha value is -7.92. The number of hydrogen-bond donors (Lipinski definition) is 0. The molecule has 0 atom stereocenters. The Morgan fingerprint density at radius 3 is 1.21 bits per heavy atom. The first-order valence-electron chi connectivity index (χ1n) is 21.4. The lowest BCUT2D eigenvalue weighted by molar-refractivity contribution is 0.667. The molecule has 4 heteroatoms. The van der Waals surface area contributed by atoms with E-state index in [-0.39, 0.29) is 10.8 Å². The molecule has 290 valence electrons. The van der Waals surface area contributed by atoms with Gasteiger partial charge in [0.1, 0.15) is 12.1 Å². The van der Waals surface area contributed by atoms with E-state index < -0.39 is 0 Å². The quantitative estimate of drug-likeness (QED) is 0.175. The first-order chi connectivity index (χ1) is 30.2. The van der Waals surface area contributed by atoms with Crippen molar-refractivity contribution in [3.8, 4) is 45.8 Å². The fraction of sp³-hybridized carbons (Fsp3) is 0.103. The van der Waals surface area contributed by atoms with E-state index >= 15 is 0 Å². The number of benzene rings is 9. The molecule has 0 N–H and O–H groups in total. The summed E-state index contributed by atoms with van der Waals surface area (Å²) in [5.74, 6) is 0. The van der Waals surface area contributed by atoms with Crippen molar-refractivity contribution in [2.45, 2.75) is 38.5 Å². The Bertz CT molecular complexity index is 3690. The van der Waals surface area contributed by atoms with Crippen LogP contribution in [0.2, 0.25) is 0 Å². The highest BCUT2D eigenvalue weighted by atomic mass is 15.0. The van der Waals surface area contributed by atoms with Crippen LogP contribution in [0.5, 0.6) is 0 Å². The van der Waals surface area contributed by atoms with Gasteiger partial charge in [-0.25, -0.2) is 0 Å². The number of nitrogens with zero attached hydrogens (tertiary/aromatic N) is 4. The van der Waals surface area contributed by atoms with Gasteiger partial charge >= 0.3 is 0 Å². The summed E-state index contributed by atoms with van der Waals surface area (Å²) in [4.78, 5) is 0. The molecule has 0 aliphatic heterocycles. The smallest absolute Gasteiger partial charge is 0.101 e. The van der Waals surface area contributed by atoms with E-state index in [1.165, 1.54) is 76.8 Å². The maximum absolute atomic E-state index is 11.2. The third kappa shape index (κ3) is 4.19. The van der Waals surface area contributed by atoms with Crippen molar-refractivity contribution in [3.63, 3.8) is 0 Å². The second kappa shape index (κ2) is 11.9. The summed E-state index contributed by atoms with van der Waals surface area (Å²) in [6.07, 6.45) is 0. The maximum Gasteiger partial charge on any atom is 0.101 e. The van der Waals surface area contributed by atoms with Gasteiger partial charge in [0.15, 0.2) is 0 Å². The van der Waals surface area contributed by atoms with Gasteiger partial charge in [0.05, 0.1) is 44.6 Å². The summed E-state index contributed by atoms with van der Waals surface area (Å²) in [6.45, 7) is 9.35. The number of rotatable bonds is 2. The Labute approximate surface area is 358 Å². The lowest BCUT2D eigenvalue weighted by Gasteiger charge is -2.23. The van der Waals surface area contributed by atoms with Gasteiger partial charge in [-0.3, -0.25) is 0 Å². The molecule has 0 amide bonds. The third-order valence-corrected chi connectivity index (χ3v) is 14.5. The predicted molar refractivity (Wildman–Crippen MR) is 255 cm³/mol. The van der Waals surface area contributed by atoms with Crippen LogP contribution in [0, 0.1) is 22.7 Å². The van der Waals surface area contributed by atoms with E-state index in [1.807, 2.05) is 12.1 Å². The summed E-state index contributed by atoms with van der Waals surface area (Å²) < 4.78 is 4.43. The van der Waals surface area contributed by atoms with Gasteiger partial charge in [-0.2, -0.15) is 10.5 Å². The highest BCUT2D eigenvalue weighted by Gasteiger charge is 2.41. The number of para-hydroxylation sites is 2. The van der Waals surface area contributed by atoms with E-state index in [1.54, 1.807) is 0 Å². The van der Waals surface area contributed by atoms with E-state index in [4.69, 9.17) is 0 Å². The van der Waals surface area contributed by atoms with Gasteiger partial charge in [-0.05, 0) is 102 Å². The van der Waals surface area contributed by atoms with Crippen molar-refractivity contribution < 1.29 is 0 Å². The molecule has 2 heterocycles. The van der Waals surface area contributed by atoms with Gasteiger partial charge in [0.2, 0.25) is 0 Å². The van der Waals surface area contributed by atoms with E-state index in [2.05, 4.69) is 195 Å². The van der Waals surface area contributed by atoms with Crippen LogP contribution in [0.4, 0.5) is 0 Å². The molecule has 62 heavy (non-hydrogen) atoms. The second-order valence-corrected chi connectivity index (χ2v) is 18.2. The topological polar surface area (TPSA) is 57.4 Å². The van der Waals surface area contributed by atoms with Crippen LogP contribution in [0.15, 0.2) is 158 Å². The lowest BCUT2D eigenvalue weighted by Crippen LogP contribution is -2.15. The number of nitriles is 2. The van der Waals surface area contributed by atoms with Crippen molar-refractivity contribution in [1.82, 2.24) is 9.13 Å². The minimum atomic E-state index is -0.275. The summed E-state index contributed by atoms with van der Waals surface area (Å²) in [5.41, 5.74) is 16.2. The van der Waals surface area contributed by atoms with Crippen molar-refractivity contribution in [1.29, 1.82) is 10.5 Å². The molecule has 0 spiro atoms. The summed E-state index contributed by atoms with van der Waals surface area (Å²) >= 11 is 0. The van der Waals surface area contributed by atoms with E-state index in [0.717, 1.165) is 32.8 Å². The fourth-order valence-electron chi connectivity index (χ4n) is 11.9. The zero-order valence-corrected chi connectivity index (χ0v) is 34.8. The minimum absolute atomic E-state index is 0.275. The molecule has 0 saturated carbocycles. The molecule has 13 rings (SSSR count). The molecular formula is C58H38N4. The molecule has 2 aliphatic rings. The second-order valence-electron chi connectivity index (χ2n) is 18.2. The molecule has 0 fully saturated rings. The van der Waals surface area contributed by atoms with Gasteiger partial charge in [-0.15, -0.1) is 0 Å². The predicted octanol–water partition coefficient (Wildman–Crippen LogP) is 14.5. The van der Waals surface area contributed by atoms with Crippen LogP contribution < -0.4 is 0 Å². The van der Waals surface area contributed by atoms with Crippen molar-refractivity contribution in [3.05, 3.63) is 191 Å². The molecule has 0 saturated heterocycles. The number of aromatic nitrogens is 2. The van der Waals surface area contributed by atoms with Gasteiger partial charge in [0, 0.05) is 32.4 Å². The van der Waals surface area contributed by atoms with Crippen molar-refractivity contribution in [2.24, 2.45) is 0 Å². The standard InChI is InChI=1S/C58H38N4/c1-57(2)43-25-21-33-13-5-7-15-37(33)51(43)41-23-27-47-53(55(41)57)39-17-9-11-19-45(39)61(47)49-29-36(32-60)50(30-35(49)31-59)62-46-20-12-10-18-40(46)54-48(62)28-24-42-52-38-16-8-6-14-34(38)22-26-44(52)58(3,4)56(42)54/h5-30H,1-4H3. The van der Waals surface area contributed by atoms with Crippen molar-refractivity contribution >= 4 is 65.2 Å². The van der Waals surface area contributed by atoms with E-state index in [9.17, 15) is 10.5 Å². The summed E-state index contributed by atoms with van der Waals surface area (Å²) in [6, 6.07) is 61.6. The first-order valence-corrected chi connectivity index (χ1v) is 21.4. The van der Waals surface area contributed by atoms with Gasteiger partial charge in [0.25, 0.3) is 0 Å². The molecule has 4 nitrogen and oxygen atoms in total.